The smallest absolute Gasteiger partial charge is 0.320 e. The van der Waals surface area contributed by atoms with E-state index in [0.717, 1.165) is 0 Å². The minimum Gasteiger partial charge on any atom is -0.480 e. The predicted molar refractivity (Wildman–Crippen MR) is 73.9 cm³/mol. The van der Waals surface area contributed by atoms with E-state index in [1.807, 2.05) is 24.3 Å². The molecular weight excluding hydrogens is 238 g/mol. The highest BCUT2D eigenvalue weighted by Gasteiger charge is 2.30. The minimum atomic E-state index is -0.943. The average molecular weight is 253 g/mol. The van der Waals surface area contributed by atoms with Crippen molar-refractivity contribution in [3.63, 3.8) is 0 Å². The largest absolute Gasteiger partial charge is 0.480 e. The summed E-state index contributed by atoms with van der Waals surface area (Å²) in [4.78, 5) is 11.0. The van der Waals surface area contributed by atoms with Crippen LogP contribution in [0.2, 0.25) is 0 Å². The molecule has 0 aromatic heterocycles. The molecule has 0 fully saturated rings. The van der Waals surface area contributed by atoms with Crippen molar-refractivity contribution in [2.45, 2.75) is 18.4 Å². The number of rotatable bonds is 3. The van der Waals surface area contributed by atoms with Crippen molar-refractivity contribution in [3.8, 4) is 11.1 Å². The van der Waals surface area contributed by atoms with Gasteiger partial charge in [0.25, 0.3) is 0 Å². The normalized spacial score (nSPS) is 14.8. The Kier molecular flexibility index (Phi) is 2.84. The summed E-state index contributed by atoms with van der Waals surface area (Å²) in [6, 6.07) is 15.5. The third-order valence-corrected chi connectivity index (χ3v) is 3.77. The van der Waals surface area contributed by atoms with Gasteiger partial charge in [0.05, 0.1) is 0 Å². The SMILES string of the molecule is N[C@H](CC1c2ccccc2-c2ccccc21)C(=O)O. The van der Waals surface area contributed by atoms with Crippen molar-refractivity contribution in [1.82, 2.24) is 0 Å². The van der Waals surface area contributed by atoms with Crippen molar-refractivity contribution in [2.75, 3.05) is 0 Å². The summed E-state index contributed by atoms with van der Waals surface area (Å²) in [5, 5.41) is 9.01. The topological polar surface area (TPSA) is 63.3 Å². The van der Waals surface area contributed by atoms with Crippen LogP contribution < -0.4 is 5.73 Å². The summed E-state index contributed by atoms with van der Waals surface area (Å²) >= 11 is 0. The van der Waals surface area contributed by atoms with Crippen LogP contribution in [0.15, 0.2) is 48.5 Å². The zero-order valence-corrected chi connectivity index (χ0v) is 10.4. The van der Waals surface area contributed by atoms with Crippen molar-refractivity contribution in [2.24, 2.45) is 5.73 Å². The fraction of sp³-hybridized carbons (Fsp3) is 0.188. The highest BCUT2D eigenvalue weighted by molar-refractivity contribution is 5.80. The van der Waals surface area contributed by atoms with Crippen LogP contribution in [0.1, 0.15) is 23.5 Å². The number of aliphatic carboxylic acids is 1. The summed E-state index contributed by atoms with van der Waals surface area (Å²) in [5.74, 6) is -0.861. The maximum absolute atomic E-state index is 11.0. The van der Waals surface area contributed by atoms with E-state index in [1.165, 1.54) is 22.3 Å². The summed E-state index contributed by atoms with van der Waals surface area (Å²) < 4.78 is 0. The lowest BCUT2D eigenvalue weighted by atomic mass is 9.90. The van der Waals surface area contributed by atoms with E-state index in [1.54, 1.807) is 0 Å². The Morgan fingerprint density at radius 1 is 1.05 bits per heavy atom. The molecular formula is C16H15NO2. The molecule has 2 aromatic carbocycles. The summed E-state index contributed by atoms with van der Waals surface area (Å²) in [7, 11) is 0. The molecule has 19 heavy (non-hydrogen) atoms. The lowest BCUT2D eigenvalue weighted by Gasteiger charge is -2.16. The molecule has 0 unspecified atom stereocenters. The van der Waals surface area contributed by atoms with E-state index in [9.17, 15) is 4.79 Å². The van der Waals surface area contributed by atoms with Gasteiger partial charge in [-0.05, 0) is 28.7 Å². The molecule has 3 N–H and O–H groups in total. The molecule has 0 bridgehead atoms. The summed E-state index contributed by atoms with van der Waals surface area (Å²) in [6.07, 6.45) is 0.434. The van der Waals surface area contributed by atoms with Crippen LogP contribution in [0, 0.1) is 0 Å². The summed E-state index contributed by atoms with van der Waals surface area (Å²) in [6.45, 7) is 0. The third kappa shape index (κ3) is 1.92. The molecule has 0 heterocycles. The third-order valence-electron chi connectivity index (χ3n) is 3.77. The van der Waals surface area contributed by atoms with Gasteiger partial charge in [-0.1, -0.05) is 48.5 Å². The number of carbonyl (C=O) groups is 1. The van der Waals surface area contributed by atoms with E-state index >= 15 is 0 Å². The van der Waals surface area contributed by atoms with Crippen molar-refractivity contribution in [1.29, 1.82) is 0 Å². The van der Waals surface area contributed by atoms with Gasteiger partial charge in [-0.2, -0.15) is 0 Å². The zero-order valence-electron chi connectivity index (χ0n) is 10.4. The second-order valence-corrected chi connectivity index (χ2v) is 4.91. The molecule has 0 saturated heterocycles. The average Bonchev–Trinajstić information content (AvgIpc) is 2.74. The fourth-order valence-electron chi connectivity index (χ4n) is 2.87. The van der Waals surface area contributed by atoms with Gasteiger partial charge in [0.15, 0.2) is 0 Å². The number of benzene rings is 2. The Morgan fingerprint density at radius 2 is 1.53 bits per heavy atom. The van der Waals surface area contributed by atoms with Crippen LogP contribution >= 0.6 is 0 Å². The van der Waals surface area contributed by atoms with Crippen LogP contribution in [0.4, 0.5) is 0 Å². The Bertz CT molecular complexity index is 591. The second-order valence-electron chi connectivity index (χ2n) is 4.91. The van der Waals surface area contributed by atoms with Crippen LogP contribution in [-0.2, 0) is 4.79 Å². The predicted octanol–water partition coefficient (Wildman–Crippen LogP) is 2.60. The fourth-order valence-corrected chi connectivity index (χ4v) is 2.87. The molecule has 0 amide bonds. The Morgan fingerprint density at radius 3 is 2.00 bits per heavy atom. The number of carboxylic acid groups (broad SMARTS) is 1. The molecule has 3 rings (SSSR count). The molecule has 0 radical (unpaired) electrons. The molecule has 96 valence electrons. The molecule has 0 spiro atoms. The molecule has 3 nitrogen and oxygen atoms in total. The first kappa shape index (κ1) is 11.9. The monoisotopic (exact) mass is 253 g/mol. The van der Waals surface area contributed by atoms with E-state index in [2.05, 4.69) is 24.3 Å². The van der Waals surface area contributed by atoms with Crippen LogP contribution in [0.25, 0.3) is 11.1 Å². The first-order valence-corrected chi connectivity index (χ1v) is 6.35. The van der Waals surface area contributed by atoms with Gasteiger partial charge in [0.2, 0.25) is 0 Å². The quantitative estimate of drug-likeness (QED) is 0.883. The maximum Gasteiger partial charge on any atom is 0.320 e. The molecule has 1 aliphatic rings. The van der Waals surface area contributed by atoms with Gasteiger partial charge < -0.3 is 10.8 Å². The molecule has 0 aliphatic heterocycles. The van der Waals surface area contributed by atoms with E-state index in [-0.39, 0.29) is 5.92 Å². The number of fused-ring (bicyclic) bond motifs is 3. The zero-order chi connectivity index (χ0) is 13.4. The van der Waals surface area contributed by atoms with E-state index < -0.39 is 12.0 Å². The standard InChI is InChI=1S/C16H15NO2/c17-15(16(18)19)9-14-12-7-3-1-5-10(12)11-6-2-4-8-13(11)14/h1-8,14-15H,9,17H2,(H,18,19)/t15-/m1/s1. The van der Waals surface area contributed by atoms with E-state index in [4.69, 9.17) is 10.8 Å². The lowest BCUT2D eigenvalue weighted by Crippen LogP contribution is -2.31. The maximum atomic E-state index is 11.0. The highest BCUT2D eigenvalue weighted by Crippen LogP contribution is 2.46. The molecule has 2 aromatic rings. The van der Waals surface area contributed by atoms with Gasteiger partial charge in [-0.25, -0.2) is 0 Å². The van der Waals surface area contributed by atoms with Crippen molar-refractivity contribution >= 4 is 5.97 Å². The number of carboxylic acids is 1. The van der Waals surface area contributed by atoms with Gasteiger partial charge in [-0.15, -0.1) is 0 Å². The highest BCUT2D eigenvalue weighted by atomic mass is 16.4. The van der Waals surface area contributed by atoms with Gasteiger partial charge >= 0.3 is 5.97 Å². The van der Waals surface area contributed by atoms with Crippen LogP contribution in [-0.4, -0.2) is 17.1 Å². The molecule has 0 saturated carbocycles. The van der Waals surface area contributed by atoms with Crippen molar-refractivity contribution in [3.05, 3.63) is 59.7 Å². The van der Waals surface area contributed by atoms with Gasteiger partial charge in [-0.3, -0.25) is 4.79 Å². The molecule has 3 heteroatoms. The Balaban J connectivity index is 2.07. The first-order chi connectivity index (χ1) is 9.18. The molecule has 1 aliphatic carbocycles. The lowest BCUT2D eigenvalue weighted by molar-refractivity contribution is -0.138. The van der Waals surface area contributed by atoms with Gasteiger partial charge in [0.1, 0.15) is 6.04 Å². The van der Waals surface area contributed by atoms with Crippen LogP contribution in [0.3, 0.4) is 0 Å². The number of nitrogens with two attached hydrogens (primary N) is 1. The van der Waals surface area contributed by atoms with E-state index in [0.29, 0.717) is 6.42 Å². The number of hydrogen-bond acceptors (Lipinski definition) is 2. The Hall–Kier alpha value is -2.13. The van der Waals surface area contributed by atoms with Crippen molar-refractivity contribution < 1.29 is 9.90 Å². The second kappa shape index (κ2) is 4.52. The van der Waals surface area contributed by atoms with Gasteiger partial charge in [0, 0.05) is 5.92 Å². The van der Waals surface area contributed by atoms with Crippen LogP contribution in [0.5, 0.6) is 0 Å². The first-order valence-electron chi connectivity index (χ1n) is 6.35. The minimum absolute atomic E-state index is 0.0819. The Labute approximate surface area is 111 Å². The molecule has 1 atom stereocenters. The summed E-state index contributed by atoms with van der Waals surface area (Å²) in [5.41, 5.74) is 10.5. The number of hydrogen-bond donors (Lipinski definition) is 2.